The maximum absolute atomic E-state index is 12.7. The molecule has 0 fully saturated rings. The SMILES string of the molecule is Cc1ccc(-n2nc(NCC[18F])c3csc(C)c3c2=O)cc1. The lowest BCUT2D eigenvalue weighted by molar-refractivity contribution is 0.512. The number of nitrogens with zero attached hydrogens (tertiary/aromatic N) is 2. The molecule has 1 N–H and O–H groups in total. The van der Waals surface area contributed by atoms with Crippen molar-refractivity contribution in [3.63, 3.8) is 0 Å². The van der Waals surface area contributed by atoms with Crippen LogP contribution in [-0.4, -0.2) is 23.0 Å². The van der Waals surface area contributed by atoms with Gasteiger partial charge in [-0.25, -0.2) is 4.39 Å². The van der Waals surface area contributed by atoms with Gasteiger partial charge in [0.05, 0.1) is 11.1 Å². The summed E-state index contributed by atoms with van der Waals surface area (Å²) in [7, 11) is 0. The van der Waals surface area contributed by atoms with Crippen molar-refractivity contribution in [1.29, 1.82) is 0 Å². The van der Waals surface area contributed by atoms with Crippen molar-refractivity contribution in [3.05, 3.63) is 50.4 Å². The van der Waals surface area contributed by atoms with Crippen molar-refractivity contribution in [1.82, 2.24) is 9.78 Å². The van der Waals surface area contributed by atoms with E-state index in [-0.39, 0.29) is 12.1 Å². The van der Waals surface area contributed by atoms with Crippen LogP contribution in [0.4, 0.5) is 10.2 Å². The summed E-state index contributed by atoms with van der Waals surface area (Å²) in [5, 5.41) is 10.6. The number of halogens is 1. The minimum absolute atomic E-state index is 0.150. The number of nitrogens with one attached hydrogen (secondary N) is 1. The molecule has 0 unspecified atom stereocenters. The van der Waals surface area contributed by atoms with E-state index >= 15 is 0 Å². The van der Waals surface area contributed by atoms with Gasteiger partial charge in [-0.1, -0.05) is 17.7 Å². The summed E-state index contributed by atoms with van der Waals surface area (Å²) < 4.78 is 13.9. The van der Waals surface area contributed by atoms with E-state index in [1.165, 1.54) is 16.0 Å². The number of alkyl halides is 1. The van der Waals surface area contributed by atoms with Crippen molar-refractivity contribution in [3.8, 4) is 5.69 Å². The fraction of sp³-hybridized carbons (Fsp3) is 0.250. The second-order valence-corrected chi connectivity index (χ2v) is 6.18. The summed E-state index contributed by atoms with van der Waals surface area (Å²) in [5.41, 5.74) is 1.66. The normalized spacial score (nSPS) is 11.0. The molecule has 0 amide bonds. The first-order chi connectivity index (χ1) is 10.6. The van der Waals surface area contributed by atoms with Gasteiger partial charge in [-0.05, 0) is 26.0 Å². The Labute approximate surface area is 131 Å². The van der Waals surface area contributed by atoms with Gasteiger partial charge in [0.25, 0.3) is 5.56 Å². The van der Waals surface area contributed by atoms with Gasteiger partial charge >= 0.3 is 0 Å². The molecule has 0 radical (unpaired) electrons. The zero-order chi connectivity index (χ0) is 15.7. The van der Waals surface area contributed by atoms with Crippen molar-refractivity contribution >= 4 is 27.9 Å². The Hall–Kier alpha value is -2.21. The van der Waals surface area contributed by atoms with E-state index in [1.54, 1.807) is 0 Å². The Morgan fingerprint density at radius 3 is 2.68 bits per heavy atom. The molecule has 0 bridgehead atoms. The molecule has 0 aliphatic carbocycles. The molecule has 2 aromatic heterocycles. The molecule has 1 aromatic carbocycles. The lowest BCUT2D eigenvalue weighted by Crippen LogP contribution is -2.23. The van der Waals surface area contributed by atoms with E-state index in [9.17, 15) is 9.18 Å². The summed E-state index contributed by atoms with van der Waals surface area (Å²) in [4.78, 5) is 13.7. The molecular weight excluding hydrogens is 300 g/mol. The van der Waals surface area contributed by atoms with Crippen LogP contribution in [0.3, 0.4) is 0 Å². The number of aromatic nitrogens is 2. The first-order valence-corrected chi connectivity index (χ1v) is 7.88. The van der Waals surface area contributed by atoms with E-state index < -0.39 is 6.67 Å². The van der Waals surface area contributed by atoms with Gasteiger partial charge < -0.3 is 5.32 Å². The molecule has 2 heterocycles. The van der Waals surface area contributed by atoms with Crippen molar-refractivity contribution in [2.75, 3.05) is 18.5 Å². The molecule has 0 saturated heterocycles. The third-order valence-electron chi connectivity index (χ3n) is 3.50. The molecule has 0 aliphatic heterocycles. The summed E-state index contributed by atoms with van der Waals surface area (Å²) >= 11 is 1.50. The average Bonchev–Trinajstić information content (AvgIpc) is 2.90. The van der Waals surface area contributed by atoms with Crippen LogP contribution in [0.1, 0.15) is 10.4 Å². The lowest BCUT2D eigenvalue weighted by atomic mass is 10.2. The summed E-state index contributed by atoms with van der Waals surface area (Å²) in [6.45, 7) is 3.58. The maximum Gasteiger partial charge on any atom is 0.280 e. The smallest absolute Gasteiger partial charge is 0.280 e. The van der Waals surface area contributed by atoms with Gasteiger partial charge in [-0.15, -0.1) is 16.4 Å². The summed E-state index contributed by atoms with van der Waals surface area (Å²) in [6.07, 6.45) is 0. The number of aryl methyl sites for hydroxylation is 2. The monoisotopic (exact) mass is 316 g/mol. The first kappa shape index (κ1) is 14.7. The highest BCUT2D eigenvalue weighted by Crippen LogP contribution is 2.27. The standard InChI is InChI=1S/C16H16FN3OS/c1-10-3-5-12(6-4-10)20-16(21)14-11(2)22-9-13(14)15(19-20)18-8-7-17/h3-6,9H,7-8H2,1-2H3,(H,18,19)/i17-1. The molecule has 6 heteroatoms. The number of hydrogen-bond donors (Lipinski definition) is 1. The van der Waals surface area contributed by atoms with Gasteiger partial charge in [-0.2, -0.15) is 4.68 Å². The number of fused-ring (bicyclic) bond motifs is 1. The summed E-state index contributed by atoms with van der Waals surface area (Å²) in [6, 6.07) is 7.58. The highest BCUT2D eigenvalue weighted by atomic mass is 32.1. The fourth-order valence-electron chi connectivity index (χ4n) is 2.36. The molecular formula is C16H16FN3OS. The number of benzene rings is 1. The second-order valence-electron chi connectivity index (χ2n) is 5.10. The Bertz CT molecular complexity index is 867. The van der Waals surface area contributed by atoms with Crippen LogP contribution in [0, 0.1) is 13.8 Å². The molecule has 0 atom stereocenters. The molecule has 0 spiro atoms. The first-order valence-electron chi connectivity index (χ1n) is 7.00. The minimum atomic E-state index is -0.490. The number of hydrogen-bond acceptors (Lipinski definition) is 4. The largest absolute Gasteiger partial charge is 0.365 e. The van der Waals surface area contributed by atoms with Crippen molar-refractivity contribution in [2.45, 2.75) is 13.8 Å². The third-order valence-corrected chi connectivity index (χ3v) is 4.41. The molecule has 22 heavy (non-hydrogen) atoms. The van der Waals surface area contributed by atoms with Gasteiger partial charge in [0.15, 0.2) is 5.82 Å². The molecule has 0 aliphatic rings. The molecule has 3 rings (SSSR count). The van der Waals surface area contributed by atoms with Crippen molar-refractivity contribution < 1.29 is 4.39 Å². The van der Waals surface area contributed by atoms with Crippen LogP contribution in [0.25, 0.3) is 16.5 Å². The highest BCUT2D eigenvalue weighted by Gasteiger charge is 2.15. The highest BCUT2D eigenvalue weighted by molar-refractivity contribution is 7.11. The van der Waals surface area contributed by atoms with Crippen LogP contribution >= 0.6 is 11.3 Å². The maximum atomic E-state index is 12.7. The van der Waals surface area contributed by atoms with E-state index in [0.29, 0.717) is 16.9 Å². The quantitative estimate of drug-likeness (QED) is 0.802. The Kier molecular flexibility index (Phi) is 3.94. The molecule has 4 nitrogen and oxygen atoms in total. The topological polar surface area (TPSA) is 46.9 Å². The minimum Gasteiger partial charge on any atom is -0.365 e. The molecule has 0 saturated carbocycles. The van der Waals surface area contributed by atoms with Crippen LogP contribution in [-0.2, 0) is 0 Å². The van der Waals surface area contributed by atoms with Crippen LogP contribution in [0.5, 0.6) is 0 Å². The zero-order valence-electron chi connectivity index (χ0n) is 12.4. The molecule has 114 valence electrons. The van der Waals surface area contributed by atoms with Gasteiger partial charge in [0.1, 0.15) is 6.67 Å². The van der Waals surface area contributed by atoms with E-state index in [0.717, 1.165) is 15.8 Å². The Balaban J connectivity index is 2.25. The summed E-state index contributed by atoms with van der Waals surface area (Å²) in [5.74, 6) is 0.539. The lowest BCUT2D eigenvalue weighted by Gasteiger charge is -2.10. The van der Waals surface area contributed by atoms with Crippen molar-refractivity contribution in [2.24, 2.45) is 0 Å². The Morgan fingerprint density at radius 1 is 1.27 bits per heavy atom. The number of anilines is 1. The second kappa shape index (κ2) is 5.88. The Morgan fingerprint density at radius 2 is 2.00 bits per heavy atom. The fourth-order valence-corrected chi connectivity index (χ4v) is 3.20. The average molecular weight is 316 g/mol. The van der Waals surface area contributed by atoms with Gasteiger partial charge in [-0.3, -0.25) is 4.79 Å². The van der Waals surface area contributed by atoms with Gasteiger partial charge in [0.2, 0.25) is 0 Å². The molecule has 3 aromatic rings. The van der Waals surface area contributed by atoms with Gasteiger partial charge in [0, 0.05) is 22.2 Å². The number of thiophene rings is 1. The van der Waals surface area contributed by atoms with Crippen LogP contribution in [0.15, 0.2) is 34.4 Å². The van der Waals surface area contributed by atoms with E-state index in [4.69, 9.17) is 0 Å². The predicted octanol–water partition coefficient (Wildman–Crippen LogP) is 3.45. The zero-order valence-corrected chi connectivity index (χ0v) is 13.2. The number of rotatable bonds is 4. The van der Waals surface area contributed by atoms with Crippen LogP contribution < -0.4 is 10.9 Å². The third kappa shape index (κ3) is 2.50. The van der Waals surface area contributed by atoms with Crippen LogP contribution in [0.2, 0.25) is 0 Å². The predicted molar refractivity (Wildman–Crippen MR) is 89.2 cm³/mol. The van der Waals surface area contributed by atoms with E-state index in [2.05, 4.69) is 10.4 Å². The van der Waals surface area contributed by atoms with E-state index in [1.807, 2.05) is 43.5 Å².